The van der Waals surface area contributed by atoms with Crippen LogP contribution in [0.1, 0.15) is 11.4 Å². The van der Waals surface area contributed by atoms with Crippen molar-refractivity contribution in [3.63, 3.8) is 0 Å². The van der Waals surface area contributed by atoms with Crippen molar-refractivity contribution in [1.82, 2.24) is 9.55 Å². The highest BCUT2D eigenvalue weighted by atomic mass is 79.9. The lowest BCUT2D eigenvalue weighted by atomic mass is 10.2. The third kappa shape index (κ3) is 3.17. The summed E-state index contributed by atoms with van der Waals surface area (Å²) in [5.41, 5.74) is 2.93. The Morgan fingerprint density at radius 1 is 1.14 bits per heavy atom. The molecule has 0 aliphatic carbocycles. The van der Waals surface area contributed by atoms with E-state index in [9.17, 15) is 4.39 Å². The number of para-hydroxylation sites is 2. The Bertz CT molecular complexity index is 847. The second-order valence-electron chi connectivity index (χ2n) is 4.95. The maximum atomic E-state index is 12.9. The smallest absolute Gasteiger partial charge is 0.134 e. The monoisotopic (exact) mass is 356 g/mol. The summed E-state index contributed by atoms with van der Waals surface area (Å²) < 4.78 is 15.9. The van der Waals surface area contributed by atoms with Crippen molar-refractivity contribution in [1.29, 1.82) is 0 Å². The molecular formula is C18H14BrFN2. The van der Waals surface area contributed by atoms with E-state index in [-0.39, 0.29) is 5.82 Å². The predicted molar refractivity (Wildman–Crippen MR) is 93.1 cm³/mol. The molecule has 0 aliphatic heterocycles. The van der Waals surface area contributed by atoms with Gasteiger partial charge in [-0.1, -0.05) is 52.9 Å². The minimum absolute atomic E-state index is 0.236. The van der Waals surface area contributed by atoms with Gasteiger partial charge in [0, 0.05) is 4.48 Å². The van der Waals surface area contributed by atoms with Crippen molar-refractivity contribution in [2.24, 2.45) is 0 Å². The van der Waals surface area contributed by atoms with Crippen LogP contribution in [-0.4, -0.2) is 9.55 Å². The van der Waals surface area contributed by atoms with Crippen LogP contribution in [0, 0.1) is 5.82 Å². The average Bonchev–Trinajstić information content (AvgIpc) is 2.84. The predicted octanol–water partition coefficient (Wildman–Crippen LogP) is 5.25. The van der Waals surface area contributed by atoms with E-state index in [0.29, 0.717) is 6.54 Å². The molecule has 4 heteroatoms. The van der Waals surface area contributed by atoms with Gasteiger partial charge in [0.2, 0.25) is 0 Å². The molecule has 0 N–H and O–H groups in total. The lowest BCUT2D eigenvalue weighted by Gasteiger charge is -2.05. The Hall–Kier alpha value is -2.20. The highest BCUT2D eigenvalue weighted by molar-refractivity contribution is 9.11. The van der Waals surface area contributed by atoms with Crippen LogP contribution in [0.5, 0.6) is 0 Å². The van der Waals surface area contributed by atoms with Crippen LogP contribution in [-0.2, 0) is 6.54 Å². The maximum absolute atomic E-state index is 12.9. The largest absolute Gasteiger partial charge is 0.319 e. The number of rotatable bonds is 4. The SMILES string of the molecule is C=C(Br)Cn1c(/C=C/c2ccc(F)cc2)nc2ccccc21. The first kappa shape index (κ1) is 14.7. The highest BCUT2D eigenvalue weighted by Crippen LogP contribution is 2.20. The minimum Gasteiger partial charge on any atom is -0.319 e. The molecule has 110 valence electrons. The summed E-state index contributed by atoms with van der Waals surface area (Å²) in [7, 11) is 0. The van der Waals surface area contributed by atoms with Gasteiger partial charge in [-0.05, 0) is 35.9 Å². The molecule has 2 nitrogen and oxygen atoms in total. The summed E-state index contributed by atoms with van der Waals surface area (Å²) in [5.74, 6) is 0.603. The second-order valence-corrected chi connectivity index (χ2v) is 6.07. The third-order valence-electron chi connectivity index (χ3n) is 3.31. The van der Waals surface area contributed by atoms with Gasteiger partial charge in [-0.2, -0.15) is 0 Å². The molecule has 1 heterocycles. The van der Waals surface area contributed by atoms with Gasteiger partial charge in [-0.3, -0.25) is 0 Å². The summed E-state index contributed by atoms with van der Waals surface area (Å²) in [5, 5.41) is 0. The third-order valence-corrected chi connectivity index (χ3v) is 3.56. The molecule has 0 saturated heterocycles. The van der Waals surface area contributed by atoms with E-state index in [2.05, 4.69) is 32.1 Å². The summed E-state index contributed by atoms with van der Waals surface area (Å²) >= 11 is 3.41. The number of hydrogen-bond donors (Lipinski definition) is 0. The summed E-state index contributed by atoms with van der Waals surface area (Å²) in [6, 6.07) is 14.4. The zero-order valence-corrected chi connectivity index (χ0v) is 13.4. The fraction of sp³-hybridized carbons (Fsp3) is 0.0556. The first-order chi connectivity index (χ1) is 10.6. The van der Waals surface area contributed by atoms with Gasteiger partial charge >= 0.3 is 0 Å². The molecule has 0 fully saturated rings. The van der Waals surface area contributed by atoms with Crippen LogP contribution >= 0.6 is 15.9 Å². The molecule has 0 aliphatic rings. The molecule has 0 atom stereocenters. The van der Waals surface area contributed by atoms with E-state index in [1.54, 1.807) is 12.1 Å². The average molecular weight is 357 g/mol. The van der Waals surface area contributed by atoms with Crippen molar-refractivity contribution >= 4 is 39.1 Å². The van der Waals surface area contributed by atoms with Crippen molar-refractivity contribution < 1.29 is 4.39 Å². The lowest BCUT2D eigenvalue weighted by molar-refractivity contribution is 0.628. The second kappa shape index (κ2) is 6.28. The van der Waals surface area contributed by atoms with Crippen molar-refractivity contribution in [2.75, 3.05) is 0 Å². The number of imidazole rings is 1. The molecule has 22 heavy (non-hydrogen) atoms. The Kier molecular flexibility index (Phi) is 4.20. The highest BCUT2D eigenvalue weighted by Gasteiger charge is 2.08. The van der Waals surface area contributed by atoms with Crippen molar-refractivity contribution in [3.05, 3.63) is 76.8 Å². The van der Waals surface area contributed by atoms with Crippen LogP contribution in [0.15, 0.2) is 59.6 Å². The maximum Gasteiger partial charge on any atom is 0.134 e. The number of halogens is 2. The first-order valence-corrected chi connectivity index (χ1v) is 7.65. The van der Waals surface area contributed by atoms with Gasteiger partial charge in [-0.15, -0.1) is 0 Å². The number of allylic oxidation sites excluding steroid dienone is 1. The lowest BCUT2D eigenvalue weighted by Crippen LogP contribution is -1.99. The molecule has 3 rings (SSSR count). The zero-order chi connectivity index (χ0) is 15.5. The van der Waals surface area contributed by atoms with Crippen molar-refractivity contribution in [2.45, 2.75) is 6.54 Å². The normalized spacial score (nSPS) is 11.4. The summed E-state index contributed by atoms with van der Waals surface area (Å²) in [6.45, 7) is 4.55. The summed E-state index contributed by atoms with van der Waals surface area (Å²) in [6.07, 6.45) is 3.86. The first-order valence-electron chi connectivity index (χ1n) is 6.86. The Labute approximate surface area is 136 Å². The Morgan fingerprint density at radius 3 is 2.59 bits per heavy atom. The van der Waals surface area contributed by atoms with Crippen LogP contribution in [0.3, 0.4) is 0 Å². The van der Waals surface area contributed by atoms with E-state index in [0.717, 1.165) is 26.9 Å². The van der Waals surface area contributed by atoms with Gasteiger partial charge in [-0.25, -0.2) is 9.37 Å². The molecule has 1 aromatic heterocycles. The molecular weight excluding hydrogens is 343 g/mol. The molecule has 0 bridgehead atoms. The number of benzene rings is 2. The van der Waals surface area contributed by atoms with E-state index < -0.39 is 0 Å². The number of fused-ring (bicyclic) bond motifs is 1. The molecule has 2 aromatic carbocycles. The quantitative estimate of drug-likeness (QED) is 0.623. The van der Waals surface area contributed by atoms with Gasteiger partial charge in [0.1, 0.15) is 11.6 Å². The van der Waals surface area contributed by atoms with Crippen LogP contribution in [0.2, 0.25) is 0 Å². The molecule has 0 saturated carbocycles. The van der Waals surface area contributed by atoms with Gasteiger partial charge in [0.05, 0.1) is 17.6 Å². The van der Waals surface area contributed by atoms with Crippen molar-refractivity contribution in [3.8, 4) is 0 Å². The van der Waals surface area contributed by atoms with Crippen LogP contribution in [0.25, 0.3) is 23.2 Å². The fourth-order valence-electron chi connectivity index (χ4n) is 2.30. The fourth-order valence-corrected chi connectivity index (χ4v) is 2.55. The zero-order valence-electron chi connectivity index (χ0n) is 11.8. The molecule has 0 unspecified atom stereocenters. The topological polar surface area (TPSA) is 17.8 Å². The number of aromatic nitrogens is 2. The van der Waals surface area contributed by atoms with Crippen LogP contribution in [0.4, 0.5) is 4.39 Å². The van der Waals surface area contributed by atoms with E-state index in [1.807, 2.05) is 36.4 Å². The van der Waals surface area contributed by atoms with Gasteiger partial charge in [0.25, 0.3) is 0 Å². The molecule has 3 aromatic rings. The van der Waals surface area contributed by atoms with Crippen LogP contribution < -0.4 is 0 Å². The Balaban J connectivity index is 2.01. The van der Waals surface area contributed by atoms with Gasteiger partial charge in [0.15, 0.2) is 0 Å². The molecule has 0 spiro atoms. The van der Waals surface area contributed by atoms with Gasteiger partial charge < -0.3 is 4.57 Å². The summed E-state index contributed by atoms with van der Waals surface area (Å²) in [4.78, 5) is 4.64. The molecule has 0 radical (unpaired) electrons. The van der Waals surface area contributed by atoms with E-state index in [1.165, 1.54) is 12.1 Å². The Morgan fingerprint density at radius 2 is 1.86 bits per heavy atom. The van der Waals surface area contributed by atoms with E-state index >= 15 is 0 Å². The van der Waals surface area contributed by atoms with E-state index in [4.69, 9.17) is 0 Å². The minimum atomic E-state index is -0.236. The number of hydrogen-bond acceptors (Lipinski definition) is 1. The molecule has 0 amide bonds. The number of nitrogens with zero attached hydrogens (tertiary/aromatic N) is 2. The standard InChI is InChI=1S/C18H14BrFN2/c1-13(19)12-22-17-5-3-2-4-16(17)21-18(22)11-8-14-6-9-15(20)10-7-14/h2-11H,1,12H2/b11-8+.